The topological polar surface area (TPSA) is 77.0 Å². The van der Waals surface area contributed by atoms with Crippen molar-refractivity contribution in [2.24, 2.45) is 28.7 Å². The molecule has 4 rings (SSSR count). The van der Waals surface area contributed by atoms with Gasteiger partial charge in [0.2, 0.25) is 11.8 Å². The lowest BCUT2D eigenvalue weighted by molar-refractivity contribution is -0.140. The minimum absolute atomic E-state index is 0.0341. The first kappa shape index (κ1) is 21.6. The van der Waals surface area contributed by atoms with Crippen molar-refractivity contribution in [2.75, 3.05) is 34.2 Å². The summed E-state index contributed by atoms with van der Waals surface area (Å²) in [6.07, 6.45) is 5.95. The predicted octanol–water partition coefficient (Wildman–Crippen LogP) is 1.61. The van der Waals surface area contributed by atoms with E-state index in [-0.39, 0.29) is 35.5 Å². The number of imide groups is 1. The molecule has 7 nitrogen and oxygen atoms in total. The van der Waals surface area contributed by atoms with Gasteiger partial charge in [0.15, 0.2) is 5.96 Å². The van der Waals surface area contributed by atoms with Crippen LogP contribution in [-0.2, 0) is 22.7 Å². The average molecular weight is 424 g/mol. The number of benzene rings is 1. The standard InChI is InChI=1S/C24H33N5O2/c1-25-24(27-14-18-7-4-5-8-19(18)15-28(2)3)26-11-6-12-29-22(30)20-16-9-10-17(13-16)21(20)23(29)31/h4-5,7-10,16-17,20-21H,6,11-15H2,1-3H3,(H2,25,26,27). The van der Waals surface area contributed by atoms with Gasteiger partial charge in [0.25, 0.3) is 0 Å². The van der Waals surface area contributed by atoms with Crippen molar-refractivity contribution >= 4 is 17.8 Å². The molecule has 2 amide bonds. The van der Waals surface area contributed by atoms with Gasteiger partial charge in [0.1, 0.15) is 0 Å². The van der Waals surface area contributed by atoms with Crippen molar-refractivity contribution in [3.63, 3.8) is 0 Å². The predicted molar refractivity (Wildman–Crippen MR) is 121 cm³/mol. The van der Waals surface area contributed by atoms with Gasteiger partial charge in [-0.05, 0) is 49.9 Å². The molecule has 1 saturated heterocycles. The summed E-state index contributed by atoms with van der Waals surface area (Å²) < 4.78 is 0. The van der Waals surface area contributed by atoms with Crippen LogP contribution in [-0.4, -0.2) is 61.8 Å². The van der Waals surface area contributed by atoms with E-state index < -0.39 is 0 Å². The Labute approximate surface area is 184 Å². The van der Waals surface area contributed by atoms with Gasteiger partial charge in [0.05, 0.1) is 11.8 Å². The van der Waals surface area contributed by atoms with Gasteiger partial charge in [-0.1, -0.05) is 36.4 Å². The van der Waals surface area contributed by atoms with Gasteiger partial charge >= 0.3 is 0 Å². The summed E-state index contributed by atoms with van der Waals surface area (Å²) in [4.78, 5) is 33.4. The Bertz CT molecular complexity index is 864. The molecule has 2 bridgehead atoms. The number of hydrogen-bond donors (Lipinski definition) is 2. The summed E-state index contributed by atoms with van der Waals surface area (Å²) in [6.45, 7) is 2.70. The maximum Gasteiger partial charge on any atom is 0.233 e. The second-order valence-electron chi connectivity index (χ2n) is 9.04. The number of amides is 2. The number of guanidine groups is 1. The molecule has 1 aliphatic heterocycles. The van der Waals surface area contributed by atoms with Crippen LogP contribution in [0, 0.1) is 23.7 Å². The highest BCUT2D eigenvalue weighted by Gasteiger charge is 2.58. The van der Waals surface area contributed by atoms with Crippen molar-refractivity contribution in [3.8, 4) is 0 Å². The molecule has 2 fully saturated rings. The van der Waals surface area contributed by atoms with Crippen LogP contribution in [0.3, 0.4) is 0 Å². The quantitative estimate of drug-likeness (QED) is 0.218. The number of fused-ring (bicyclic) bond motifs is 5. The number of rotatable bonds is 8. The molecule has 1 saturated carbocycles. The van der Waals surface area contributed by atoms with Gasteiger partial charge in [-0.2, -0.15) is 0 Å². The fourth-order valence-electron chi connectivity index (χ4n) is 5.25. The smallest absolute Gasteiger partial charge is 0.233 e. The minimum Gasteiger partial charge on any atom is -0.356 e. The van der Waals surface area contributed by atoms with Crippen LogP contribution in [0.4, 0.5) is 0 Å². The van der Waals surface area contributed by atoms with Crippen LogP contribution >= 0.6 is 0 Å². The number of nitrogens with one attached hydrogen (secondary N) is 2. The molecule has 2 aliphatic carbocycles. The molecule has 4 unspecified atom stereocenters. The van der Waals surface area contributed by atoms with E-state index in [0.717, 1.165) is 18.9 Å². The Morgan fingerprint density at radius 1 is 1.06 bits per heavy atom. The van der Waals surface area contributed by atoms with Gasteiger partial charge < -0.3 is 15.5 Å². The number of nitrogens with zero attached hydrogens (tertiary/aromatic N) is 3. The van der Waals surface area contributed by atoms with E-state index in [1.165, 1.54) is 16.0 Å². The first-order valence-corrected chi connectivity index (χ1v) is 11.2. The molecule has 0 radical (unpaired) electrons. The zero-order valence-electron chi connectivity index (χ0n) is 18.7. The van der Waals surface area contributed by atoms with Crippen molar-refractivity contribution in [2.45, 2.75) is 25.9 Å². The van der Waals surface area contributed by atoms with Gasteiger partial charge in [-0.25, -0.2) is 0 Å². The molecule has 2 N–H and O–H groups in total. The second-order valence-corrected chi connectivity index (χ2v) is 9.04. The third kappa shape index (κ3) is 4.37. The van der Waals surface area contributed by atoms with E-state index in [4.69, 9.17) is 0 Å². The zero-order valence-corrected chi connectivity index (χ0v) is 18.7. The van der Waals surface area contributed by atoms with Crippen molar-refractivity contribution < 1.29 is 9.59 Å². The highest BCUT2D eigenvalue weighted by molar-refractivity contribution is 6.06. The molecule has 1 aromatic rings. The monoisotopic (exact) mass is 423 g/mol. The number of hydrogen-bond acceptors (Lipinski definition) is 4. The third-order valence-corrected chi connectivity index (χ3v) is 6.69. The maximum absolute atomic E-state index is 12.8. The van der Waals surface area contributed by atoms with Crippen molar-refractivity contribution in [1.82, 2.24) is 20.4 Å². The summed E-state index contributed by atoms with van der Waals surface area (Å²) in [7, 11) is 5.88. The lowest BCUT2D eigenvalue weighted by atomic mass is 9.85. The van der Waals surface area contributed by atoms with E-state index in [1.54, 1.807) is 7.05 Å². The number of carbonyl (C=O) groups is 2. The Hall–Kier alpha value is -2.67. The molecule has 0 aromatic heterocycles. The Kier molecular flexibility index (Phi) is 6.41. The fourth-order valence-corrected chi connectivity index (χ4v) is 5.25. The first-order valence-electron chi connectivity index (χ1n) is 11.2. The van der Waals surface area contributed by atoms with Crippen LogP contribution in [0.25, 0.3) is 0 Å². The highest BCUT2D eigenvalue weighted by atomic mass is 16.2. The Balaban J connectivity index is 1.23. The molecule has 166 valence electrons. The van der Waals surface area contributed by atoms with Gasteiger partial charge in [0, 0.05) is 33.2 Å². The number of carbonyl (C=O) groups excluding carboxylic acids is 2. The number of allylic oxidation sites excluding steroid dienone is 2. The molecular weight excluding hydrogens is 390 g/mol. The average Bonchev–Trinajstić information content (AvgIpc) is 3.43. The second kappa shape index (κ2) is 9.22. The molecule has 0 spiro atoms. The molecule has 1 aromatic carbocycles. The highest BCUT2D eigenvalue weighted by Crippen LogP contribution is 2.52. The molecule has 1 heterocycles. The van der Waals surface area contributed by atoms with E-state index >= 15 is 0 Å². The van der Waals surface area contributed by atoms with E-state index in [0.29, 0.717) is 26.1 Å². The zero-order chi connectivity index (χ0) is 22.0. The fraction of sp³-hybridized carbons (Fsp3) is 0.542. The summed E-state index contributed by atoms with van der Waals surface area (Å²) in [5, 5.41) is 6.66. The first-order chi connectivity index (χ1) is 15.0. The maximum atomic E-state index is 12.8. The van der Waals surface area contributed by atoms with E-state index in [2.05, 4.69) is 65.0 Å². The Morgan fingerprint density at radius 2 is 1.71 bits per heavy atom. The summed E-state index contributed by atoms with van der Waals surface area (Å²) >= 11 is 0. The van der Waals surface area contributed by atoms with Gasteiger partial charge in [-0.3, -0.25) is 19.5 Å². The van der Waals surface area contributed by atoms with Crippen molar-refractivity contribution in [1.29, 1.82) is 0 Å². The lowest BCUT2D eigenvalue weighted by Crippen LogP contribution is -2.39. The Morgan fingerprint density at radius 3 is 2.32 bits per heavy atom. The molecular formula is C24H33N5O2. The number of aliphatic imine (C=N–C) groups is 1. The van der Waals surface area contributed by atoms with Crippen LogP contribution in [0.5, 0.6) is 0 Å². The molecule has 7 heteroatoms. The van der Waals surface area contributed by atoms with Crippen LogP contribution in [0.2, 0.25) is 0 Å². The van der Waals surface area contributed by atoms with Gasteiger partial charge in [-0.15, -0.1) is 0 Å². The summed E-state index contributed by atoms with van der Waals surface area (Å²) in [5.74, 6) is 1.12. The SMILES string of the molecule is CN=C(NCCCN1C(=O)C2C3C=CC(C3)C2C1=O)NCc1ccccc1CN(C)C. The lowest BCUT2D eigenvalue weighted by Gasteiger charge is -2.18. The van der Waals surface area contributed by atoms with Crippen LogP contribution < -0.4 is 10.6 Å². The van der Waals surface area contributed by atoms with Crippen LogP contribution in [0.15, 0.2) is 41.4 Å². The normalized spacial score (nSPS) is 26.8. The summed E-state index contributed by atoms with van der Waals surface area (Å²) in [5.41, 5.74) is 2.53. The largest absolute Gasteiger partial charge is 0.356 e. The molecule has 3 aliphatic rings. The van der Waals surface area contributed by atoms with Crippen molar-refractivity contribution in [3.05, 3.63) is 47.5 Å². The van der Waals surface area contributed by atoms with E-state index in [9.17, 15) is 9.59 Å². The molecule has 31 heavy (non-hydrogen) atoms. The summed E-state index contributed by atoms with van der Waals surface area (Å²) in [6, 6.07) is 8.39. The number of likely N-dealkylation sites (tertiary alicyclic amines) is 1. The molecule has 4 atom stereocenters. The minimum atomic E-state index is -0.105. The van der Waals surface area contributed by atoms with E-state index in [1.807, 2.05) is 6.07 Å². The van der Waals surface area contributed by atoms with Crippen LogP contribution in [0.1, 0.15) is 24.0 Å². The third-order valence-electron chi connectivity index (χ3n) is 6.69.